The Balaban J connectivity index is 1.97. The van der Waals surface area contributed by atoms with E-state index in [0.717, 1.165) is 6.07 Å². The van der Waals surface area contributed by atoms with Gasteiger partial charge in [0.05, 0.1) is 17.9 Å². The number of carbonyl (C=O) groups is 1. The number of halogens is 3. The third kappa shape index (κ3) is 4.08. The van der Waals surface area contributed by atoms with Crippen LogP contribution in [-0.2, 0) is 23.9 Å². The van der Waals surface area contributed by atoms with Gasteiger partial charge in [-0.2, -0.15) is 13.2 Å². The van der Waals surface area contributed by atoms with Crippen molar-refractivity contribution in [2.75, 3.05) is 0 Å². The molecule has 22 heavy (non-hydrogen) atoms. The van der Waals surface area contributed by atoms with Crippen molar-refractivity contribution in [3.63, 3.8) is 0 Å². The smallest absolute Gasteiger partial charge is 0.351 e. The molecule has 8 heteroatoms. The molecule has 0 aliphatic carbocycles. The maximum Gasteiger partial charge on any atom is 0.416 e. The Morgan fingerprint density at radius 2 is 2.09 bits per heavy atom. The van der Waals surface area contributed by atoms with Crippen LogP contribution in [0.25, 0.3) is 0 Å². The maximum absolute atomic E-state index is 12.8. The number of nitrogens with two attached hydrogens (primary N) is 1. The number of H-pyrrole nitrogens is 1. The van der Waals surface area contributed by atoms with E-state index in [0.29, 0.717) is 5.69 Å². The van der Waals surface area contributed by atoms with Gasteiger partial charge in [0.25, 0.3) is 0 Å². The van der Waals surface area contributed by atoms with Gasteiger partial charge in [-0.3, -0.25) is 4.79 Å². The molecule has 1 aromatic carbocycles. The number of rotatable bonds is 5. The van der Waals surface area contributed by atoms with Gasteiger partial charge in [0.1, 0.15) is 0 Å². The number of carbonyl (C=O) groups excluding carboxylic acids is 1. The number of aromatic amines is 1. The van der Waals surface area contributed by atoms with Crippen molar-refractivity contribution in [3.8, 4) is 0 Å². The first kappa shape index (κ1) is 16.0. The minimum Gasteiger partial charge on any atom is -0.351 e. The second-order valence-corrected chi connectivity index (χ2v) is 4.76. The van der Waals surface area contributed by atoms with E-state index >= 15 is 0 Å². The number of hydrogen-bond donors (Lipinski definition) is 3. The molecule has 0 saturated carbocycles. The van der Waals surface area contributed by atoms with Crippen molar-refractivity contribution in [2.24, 2.45) is 5.73 Å². The number of alkyl halides is 3. The fourth-order valence-corrected chi connectivity index (χ4v) is 1.99. The van der Waals surface area contributed by atoms with Gasteiger partial charge in [-0.1, -0.05) is 18.2 Å². The molecule has 4 N–H and O–H groups in total. The predicted molar refractivity (Wildman–Crippen MR) is 73.6 cm³/mol. The third-order valence-electron chi connectivity index (χ3n) is 3.11. The lowest BCUT2D eigenvalue weighted by Gasteiger charge is -2.15. The summed E-state index contributed by atoms with van der Waals surface area (Å²) in [5, 5.41) is 2.43. The molecule has 0 radical (unpaired) electrons. The standard InChI is InChI=1S/C14H15F3N4O/c15-14(16,17)11-4-2-1-3-9(11)6-20-13(22)12(18)5-10-7-19-8-21-10/h1-4,7-8,12H,5-6,18H2,(H,19,21)(H,20,22). The van der Waals surface area contributed by atoms with Gasteiger partial charge in [-0.15, -0.1) is 0 Å². The molecule has 118 valence electrons. The van der Waals surface area contributed by atoms with Gasteiger partial charge in [-0.05, 0) is 11.6 Å². The number of imidazole rings is 1. The number of nitrogens with zero attached hydrogens (tertiary/aromatic N) is 1. The number of aromatic nitrogens is 2. The molecular formula is C14H15F3N4O. The van der Waals surface area contributed by atoms with E-state index in [4.69, 9.17) is 5.73 Å². The van der Waals surface area contributed by atoms with Crippen LogP contribution >= 0.6 is 0 Å². The average Bonchev–Trinajstić information content (AvgIpc) is 2.97. The number of amides is 1. The Kier molecular flexibility index (Phi) is 4.81. The molecule has 0 fully saturated rings. The van der Waals surface area contributed by atoms with Crippen LogP contribution in [0.5, 0.6) is 0 Å². The lowest BCUT2D eigenvalue weighted by atomic mass is 10.1. The zero-order valence-corrected chi connectivity index (χ0v) is 11.5. The lowest BCUT2D eigenvalue weighted by Crippen LogP contribution is -2.42. The Hall–Kier alpha value is -2.35. The summed E-state index contributed by atoms with van der Waals surface area (Å²) in [5.74, 6) is -0.522. The van der Waals surface area contributed by atoms with E-state index in [1.807, 2.05) is 0 Å². The van der Waals surface area contributed by atoms with E-state index in [2.05, 4.69) is 15.3 Å². The molecule has 0 aliphatic heterocycles. The van der Waals surface area contributed by atoms with Gasteiger partial charge in [-0.25, -0.2) is 4.98 Å². The van der Waals surface area contributed by atoms with E-state index in [1.54, 1.807) is 0 Å². The van der Waals surface area contributed by atoms with Crippen LogP contribution in [0.15, 0.2) is 36.8 Å². The van der Waals surface area contributed by atoms with Gasteiger partial charge in [0.15, 0.2) is 0 Å². The monoisotopic (exact) mass is 312 g/mol. The number of hydrogen-bond acceptors (Lipinski definition) is 3. The molecule has 1 unspecified atom stereocenters. The molecule has 0 bridgehead atoms. The highest BCUT2D eigenvalue weighted by molar-refractivity contribution is 5.81. The van der Waals surface area contributed by atoms with Crippen LogP contribution in [0, 0.1) is 0 Å². The SMILES string of the molecule is NC(Cc1cnc[nH]1)C(=O)NCc1ccccc1C(F)(F)F. The van der Waals surface area contributed by atoms with E-state index in [-0.39, 0.29) is 18.5 Å². The van der Waals surface area contributed by atoms with Crippen molar-refractivity contribution < 1.29 is 18.0 Å². The molecule has 1 amide bonds. The van der Waals surface area contributed by atoms with Crippen molar-refractivity contribution in [3.05, 3.63) is 53.6 Å². The van der Waals surface area contributed by atoms with Gasteiger partial charge in [0, 0.05) is 24.9 Å². The molecule has 0 spiro atoms. The molecule has 1 aromatic heterocycles. The van der Waals surface area contributed by atoms with E-state index < -0.39 is 23.7 Å². The average molecular weight is 312 g/mol. The van der Waals surface area contributed by atoms with Gasteiger partial charge in [0.2, 0.25) is 5.91 Å². The molecule has 0 saturated heterocycles. The second kappa shape index (κ2) is 6.61. The first-order valence-electron chi connectivity index (χ1n) is 6.53. The summed E-state index contributed by atoms with van der Waals surface area (Å²) >= 11 is 0. The highest BCUT2D eigenvalue weighted by atomic mass is 19.4. The Morgan fingerprint density at radius 3 is 2.73 bits per heavy atom. The summed E-state index contributed by atoms with van der Waals surface area (Å²) in [7, 11) is 0. The van der Waals surface area contributed by atoms with E-state index in [1.165, 1.54) is 30.7 Å². The second-order valence-electron chi connectivity index (χ2n) is 4.76. The van der Waals surface area contributed by atoms with Crippen LogP contribution in [0.1, 0.15) is 16.8 Å². The molecule has 1 atom stereocenters. The first-order chi connectivity index (χ1) is 10.4. The molecule has 1 heterocycles. The molecule has 0 aliphatic rings. The van der Waals surface area contributed by atoms with Crippen LogP contribution in [0.4, 0.5) is 13.2 Å². The van der Waals surface area contributed by atoms with Crippen LogP contribution in [-0.4, -0.2) is 21.9 Å². The first-order valence-corrected chi connectivity index (χ1v) is 6.53. The summed E-state index contributed by atoms with van der Waals surface area (Å²) in [6.45, 7) is -0.231. The van der Waals surface area contributed by atoms with E-state index in [9.17, 15) is 18.0 Å². The Labute approximate surface area is 124 Å². The largest absolute Gasteiger partial charge is 0.416 e. The zero-order chi connectivity index (χ0) is 16.2. The Morgan fingerprint density at radius 1 is 1.36 bits per heavy atom. The minimum absolute atomic E-state index is 0.00269. The normalized spacial score (nSPS) is 12.9. The van der Waals surface area contributed by atoms with Gasteiger partial charge >= 0.3 is 6.18 Å². The summed E-state index contributed by atoms with van der Waals surface area (Å²) in [6.07, 6.45) is -1.24. The molecule has 5 nitrogen and oxygen atoms in total. The number of benzene rings is 1. The predicted octanol–water partition coefficient (Wildman–Crippen LogP) is 1.61. The topological polar surface area (TPSA) is 83.8 Å². The van der Waals surface area contributed by atoms with Crippen LogP contribution in [0.3, 0.4) is 0 Å². The number of nitrogens with one attached hydrogen (secondary N) is 2. The third-order valence-corrected chi connectivity index (χ3v) is 3.11. The summed E-state index contributed by atoms with van der Waals surface area (Å²) < 4.78 is 38.5. The maximum atomic E-state index is 12.8. The Bertz CT molecular complexity index is 625. The fourth-order valence-electron chi connectivity index (χ4n) is 1.99. The van der Waals surface area contributed by atoms with Crippen molar-refractivity contribution in [1.29, 1.82) is 0 Å². The zero-order valence-electron chi connectivity index (χ0n) is 11.5. The van der Waals surface area contributed by atoms with Crippen molar-refractivity contribution in [2.45, 2.75) is 25.2 Å². The fraction of sp³-hybridized carbons (Fsp3) is 0.286. The highest BCUT2D eigenvalue weighted by Gasteiger charge is 2.32. The molecule has 2 rings (SSSR count). The van der Waals surface area contributed by atoms with Crippen molar-refractivity contribution in [1.82, 2.24) is 15.3 Å². The lowest BCUT2D eigenvalue weighted by molar-refractivity contribution is -0.138. The van der Waals surface area contributed by atoms with Crippen molar-refractivity contribution >= 4 is 5.91 Å². The minimum atomic E-state index is -4.46. The summed E-state index contributed by atoms with van der Waals surface area (Å²) in [5.41, 5.74) is 5.62. The molecule has 2 aromatic rings. The summed E-state index contributed by atoms with van der Waals surface area (Å²) in [4.78, 5) is 18.5. The summed E-state index contributed by atoms with van der Waals surface area (Å²) in [6, 6.07) is 4.23. The molecular weight excluding hydrogens is 297 g/mol. The van der Waals surface area contributed by atoms with Gasteiger partial charge < -0.3 is 16.0 Å². The van der Waals surface area contributed by atoms with Crippen LogP contribution < -0.4 is 11.1 Å². The quantitative estimate of drug-likeness (QED) is 0.784. The highest BCUT2D eigenvalue weighted by Crippen LogP contribution is 2.31. The van der Waals surface area contributed by atoms with Crippen LogP contribution in [0.2, 0.25) is 0 Å².